The van der Waals surface area contributed by atoms with E-state index in [9.17, 15) is 4.79 Å². The zero-order valence-corrected chi connectivity index (χ0v) is 21.9. The van der Waals surface area contributed by atoms with Gasteiger partial charge in [-0.15, -0.1) is 11.3 Å². The van der Waals surface area contributed by atoms with E-state index in [1.807, 2.05) is 18.2 Å². The highest BCUT2D eigenvalue weighted by Gasteiger charge is 2.32. The second kappa shape index (κ2) is 11.3. The third-order valence-corrected chi connectivity index (χ3v) is 9.19. The summed E-state index contributed by atoms with van der Waals surface area (Å²) in [5.41, 5.74) is 10.2. The summed E-state index contributed by atoms with van der Waals surface area (Å²) in [7, 11) is 0. The lowest BCUT2D eigenvalue weighted by Crippen LogP contribution is -2.44. The van der Waals surface area contributed by atoms with Gasteiger partial charge in [-0.25, -0.2) is 0 Å². The molecule has 1 aromatic heterocycles. The Bertz CT molecular complexity index is 1110. The fraction of sp³-hybridized carbons (Fsp3) is 0.433. The predicted molar refractivity (Wildman–Crippen MR) is 148 cm³/mol. The summed E-state index contributed by atoms with van der Waals surface area (Å²) in [6.45, 7) is 0.794. The molecule has 184 valence electrons. The first-order valence-electron chi connectivity index (χ1n) is 13.1. The van der Waals surface area contributed by atoms with Crippen LogP contribution in [0.5, 0.6) is 0 Å². The maximum absolute atomic E-state index is 13.8. The fourth-order valence-electron chi connectivity index (χ4n) is 6.02. The molecule has 3 nitrogen and oxygen atoms in total. The molecule has 5 heteroatoms. The van der Waals surface area contributed by atoms with Crippen molar-refractivity contribution in [3.63, 3.8) is 0 Å². The van der Waals surface area contributed by atoms with Crippen LogP contribution in [0.2, 0.25) is 5.02 Å². The molecule has 0 bridgehead atoms. The number of nitrogens with zero attached hydrogens (tertiary/aromatic N) is 1. The summed E-state index contributed by atoms with van der Waals surface area (Å²) in [6.07, 6.45) is 13.0. The fourth-order valence-corrected chi connectivity index (χ4v) is 7.22. The zero-order chi connectivity index (χ0) is 24.2. The van der Waals surface area contributed by atoms with E-state index in [4.69, 9.17) is 17.3 Å². The summed E-state index contributed by atoms with van der Waals surface area (Å²) in [5.74, 6) is -0.000152. The van der Waals surface area contributed by atoms with Crippen molar-refractivity contribution in [2.45, 2.75) is 82.8 Å². The normalized spacial score (nSPS) is 17.7. The molecular weight excluding hydrogens is 472 g/mol. The quantitative estimate of drug-likeness (QED) is 0.327. The van der Waals surface area contributed by atoms with E-state index in [1.165, 1.54) is 64.2 Å². The highest BCUT2D eigenvalue weighted by Crippen LogP contribution is 2.42. The highest BCUT2D eigenvalue weighted by atomic mass is 35.5. The van der Waals surface area contributed by atoms with Gasteiger partial charge in [-0.05, 0) is 61.1 Å². The molecular formula is C30H35ClN2OS. The molecule has 0 atom stereocenters. The van der Waals surface area contributed by atoms with Crippen molar-refractivity contribution in [1.29, 1.82) is 0 Å². The molecule has 0 amide bonds. The van der Waals surface area contributed by atoms with Gasteiger partial charge in [0, 0.05) is 34.1 Å². The highest BCUT2D eigenvalue weighted by molar-refractivity contribution is 7.20. The van der Waals surface area contributed by atoms with Crippen molar-refractivity contribution in [2.24, 2.45) is 0 Å². The Balaban J connectivity index is 1.58. The van der Waals surface area contributed by atoms with Gasteiger partial charge in [-0.3, -0.25) is 9.69 Å². The monoisotopic (exact) mass is 506 g/mol. The number of rotatable bonds is 7. The number of carbonyl (C=O) groups is 1. The smallest absolute Gasteiger partial charge is 0.196 e. The van der Waals surface area contributed by atoms with E-state index >= 15 is 0 Å². The summed E-state index contributed by atoms with van der Waals surface area (Å²) < 4.78 is 0. The maximum Gasteiger partial charge on any atom is 0.196 e. The first-order valence-corrected chi connectivity index (χ1v) is 14.3. The predicted octanol–water partition coefficient (Wildman–Crippen LogP) is 8.35. The lowest BCUT2D eigenvalue weighted by molar-refractivity contribution is 0.0728. The van der Waals surface area contributed by atoms with Gasteiger partial charge in [0.05, 0.1) is 10.6 Å². The number of nitrogen functional groups attached to an aromatic ring is 1. The van der Waals surface area contributed by atoms with E-state index in [-0.39, 0.29) is 5.78 Å². The van der Waals surface area contributed by atoms with Crippen molar-refractivity contribution in [1.82, 2.24) is 4.90 Å². The Morgan fingerprint density at radius 2 is 1.43 bits per heavy atom. The number of hydrogen-bond acceptors (Lipinski definition) is 4. The van der Waals surface area contributed by atoms with E-state index in [0.717, 1.165) is 22.5 Å². The van der Waals surface area contributed by atoms with Gasteiger partial charge >= 0.3 is 0 Å². The molecule has 2 aliphatic rings. The van der Waals surface area contributed by atoms with Crippen LogP contribution >= 0.6 is 22.9 Å². The van der Waals surface area contributed by atoms with Crippen molar-refractivity contribution in [2.75, 3.05) is 5.73 Å². The average Bonchev–Trinajstić information content (AvgIpc) is 3.24. The summed E-state index contributed by atoms with van der Waals surface area (Å²) >= 11 is 7.67. The van der Waals surface area contributed by atoms with Crippen molar-refractivity contribution in [3.8, 4) is 10.4 Å². The van der Waals surface area contributed by atoms with Crippen LogP contribution in [0.15, 0.2) is 54.6 Å². The van der Waals surface area contributed by atoms with Crippen LogP contribution in [0.1, 0.15) is 85.7 Å². The standard InChI is InChI=1S/C30H35ClN2OS/c31-23-18-16-21(17-19-23)28(34)27-26(29(35-30(27)32)22-10-4-1-5-11-22)20-33(24-12-6-2-7-13-24)25-14-8-3-9-15-25/h1,4-5,10-11,16-19,24-25H,2-3,6-9,12-15,20,32H2. The number of carbonyl (C=O) groups excluding carboxylic acids is 1. The Morgan fingerprint density at radius 1 is 0.857 bits per heavy atom. The van der Waals surface area contributed by atoms with E-state index in [0.29, 0.717) is 33.2 Å². The largest absolute Gasteiger partial charge is 0.390 e. The molecule has 0 spiro atoms. The van der Waals surface area contributed by atoms with E-state index in [1.54, 1.807) is 23.5 Å². The SMILES string of the molecule is Nc1sc(-c2ccccc2)c(CN(C2CCCCC2)C2CCCCC2)c1C(=O)c1ccc(Cl)cc1. The Hall–Kier alpha value is -2.14. The zero-order valence-electron chi connectivity index (χ0n) is 20.3. The summed E-state index contributed by atoms with van der Waals surface area (Å²) in [4.78, 5) is 17.7. The molecule has 3 aromatic rings. The molecule has 0 radical (unpaired) electrons. The average molecular weight is 507 g/mol. The Labute approximate surface area is 218 Å². The molecule has 0 aliphatic heterocycles. The number of hydrogen-bond donors (Lipinski definition) is 1. The minimum Gasteiger partial charge on any atom is -0.390 e. The van der Waals surface area contributed by atoms with Gasteiger partial charge in [-0.2, -0.15) is 0 Å². The van der Waals surface area contributed by atoms with Crippen LogP contribution in [0.4, 0.5) is 5.00 Å². The summed E-state index contributed by atoms with van der Waals surface area (Å²) in [6, 6.07) is 18.8. The van der Waals surface area contributed by atoms with Crippen molar-refractivity contribution >= 4 is 33.7 Å². The van der Waals surface area contributed by atoms with Crippen LogP contribution in [0.25, 0.3) is 10.4 Å². The number of benzene rings is 2. The lowest BCUT2D eigenvalue weighted by Gasteiger charge is -2.42. The number of thiophene rings is 1. The van der Waals surface area contributed by atoms with Crippen molar-refractivity contribution in [3.05, 3.63) is 76.3 Å². The number of anilines is 1. The van der Waals surface area contributed by atoms with Gasteiger partial charge in [-0.1, -0.05) is 80.5 Å². The first-order chi connectivity index (χ1) is 17.1. The molecule has 2 aliphatic carbocycles. The van der Waals surface area contributed by atoms with Crippen LogP contribution in [0, 0.1) is 0 Å². The Morgan fingerprint density at radius 3 is 2.00 bits per heavy atom. The number of nitrogens with two attached hydrogens (primary N) is 1. The van der Waals surface area contributed by atoms with Gasteiger partial charge < -0.3 is 5.73 Å². The molecule has 2 aromatic carbocycles. The van der Waals surface area contributed by atoms with Crippen LogP contribution in [-0.4, -0.2) is 22.8 Å². The van der Waals surface area contributed by atoms with Gasteiger partial charge in [0.1, 0.15) is 0 Å². The first kappa shape index (κ1) is 24.5. The summed E-state index contributed by atoms with van der Waals surface area (Å²) in [5, 5.41) is 1.25. The van der Waals surface area contributed by atoms with Crippen LogP contribution in [0.3, 0.4) is 0 Å². The van der Waals surface area contributed by atoms with Crippen LogP contribution < -0.4 is 5.73 Å². The second-order valence-electron chi connectivity index (χ2n) is 10.1. The van der Waals surface area contributed by atoms with Crippen molar-refractivity contribution < 1.29 is 4.79 Å². The molecule has 0 saturated heterocycles. The molecule has 1 heterocycles. The van der Waals surface area contributed by atoms with E-state index in [2.05, 4.69) is 29.2 Å². The number of halogens is 1. The minimum atomic E-state index is -0.000152. The van der Waals surface area contributed by atoms with Gasteiger partial charge in [0.15, 0.2) is 5.78 Å². The second-order valence-corrected chi connectivity index (χ2v) is 11.6. The molecule has 35 heavy (non-hydrogen) atoms. The van der Waals surface area contributed by atoms with Gasteiger partial charge in [0.25, 0.3) is 0 Å². The third-order valence-electron chi connectivity index (χ3n) is 7.83. The Kier molecular flexibility index (Phi) is 7.91. The topological polar surface area (TPSA) is 46.3 Å². The molecule has 5 rings (SSSR count). The third kappa shape index (κ3) is 5.50. The van der Waals surface area contributed by atoms with E-state index < -0.39 is 0 Å². The van der Waals surface area contributed by atoms with Crippen LogP contribution in [-0.2, 0) is 6.54 Å². The molecule has 2 saturated carbocycles. The lowest BCUT2D eigenvalue weighted by atomic mass is 9.87. The minimum absolute atomic E-state index is 0.000152. The van der Waals surface area contributed by atoms with Gasteiger partial charge in [0.2, 0.25) is 0 Å². The molecule has 0 unspecified atom stereocenters. The molecule has 2 N–H and O–H groups in total. The molecule has 2 fully saturated rings. The maximum atomic E-state index is 13.8. The number of ketones is 1.